The molecule has 0 aromatic heterocycles. The molecule has 0 heterocycles. The van der Waals surface area contributed by atoms with Crippen LogP contribution in [0.3, 0.4) is 0 Å². The second-order valence-corrected chi connectivity index (χ2v) is 7.66. The van der Waals surface area contributed by atoms with Gasteiger partial charge in [0.25, 0.3) is 0 Å². The van der Waals surface area contributed by atoms with Crippen LogP contribution in [-0.4, -0.2) is 33.8 Å². The fourth-order valence-electron chi connectivity index (χ4n) is 2.56. The van der Waals surface area contributed by atoms with Crippen LogP contribution in [0.4, 0.5) is 5.69 Å². The van der Waals surface area contributed by atoms with Crippen molar-refractivity contribution in [2.24, 2.45) is 0 Å². The molecule has 0 bridgehead atoms. The minimum atomic E-state index is -3.58. The average molecular weight is 360 g/mol. The zero-order chi connectivity index (χ0) is 18.4. The van der Waals surface area contributed by atoms with Crippen LogP contribution in [0.25, 0.3) is 0 Å². The van der Waals surface area contributed by atoms with Crippen molar-refractivity contribution in [2.75, 3.05) is 24.5 Å². The highest BCUT2D eigenvalue weighted by atomic mass is 32.2. The maximum atomic E-state index is 12.4. The van der Waals surface area contributed by atoms with Crippen LogP contribution in [0.15, 0.2) is 53.4 Å². The van der Waals surface area contributed by atoms with Gasteiger partial charge in [-0.25, -0.2) is 13.1 Å². The third-order valence-corrected chi connectivity index (χ3v) is 5.47. The summed E-state index contributed by atoms with van der Waals surface area (Å²) in [6.45, 7) is 7.19. The van der Waals surface area contributed by atoms with Gasteiger partial charge in [-0.2, -0.15) is 0 Å². The molecule has 0 radical (unpaired) electrons. The standard InChI is InChI=1S/C19H24N2O3S/c1-4-21(18-7-5-6-15(2)14-18)13-12-20-25(23,24)19-10-8-17(9-11-19)16(3)22/h5-11,14,20H,4,12-13H2,1-3H3. The summed E-state index contributed by atoms with van der Waals surface area (Å²) in [5, 5.41) is 0. The molecule has 0 aliphatic heterocycles. The number of benzene rings is 2. The summed E-state index contributed by atoms with van der Waals surface area (Å²) >= 11 is 0. The van der Waals surface area contributed by atoms with Gasteiger partial charge in [0.1, 0.15) is 0 Å². The first-order valence-corrected chi connectivity index (χ1v) is 9.74. The molecule has 0 aliphatic carbocycles. The summed E-state index contributed by atoms with van der Waals surface area (Å²) in [7, 11) is -3.58. The normalized spacial score (nSPS) is 11.3. The van der Waals surface area contributed by atoms with Gasteiger partial charge in [-0.15, -0.1) is 0 Å². The number of sulfonamides is 1. The van der Waals surface area contributed by atoms with Crippen molar-refractivity contribution in [2.45, 2.75) is 25.7 Å². The lowest BCUT2D eigenvalue weighted by atomic mass is 10.2. The molecule has 2 rings (SSSR count). The summed E-state index contributed by atoms with van der Waals surface area (Å²) in [5.41, 5.74) is 2.74. The molecule has 0 unspecified atom stereocenters. The zero-order valence-corrected chi connectivity index (χ0v) is 15.6. The lowest BCUT2D eigenvalue weighted by molar-refractivity contribution is 0.101. The third-order valence-electron chi connectivity index (χ3n) is 3.99. The predicted octanol–water partition coefficient (Wildman–Crippen LogP) is 3.00. The number of nitrogens with one attached hydrogen (secondary N) is 1. The number of hydrogen-bond donors (Lipinski definition) is 1. The number of ketones is 1. The first-order chi connectivity index (χ1) is 11.8. The number of aryl methyl sites for hydroxylation is 1. The van der Waals surface area contributed by atoms with Gasteiger partial charge in [-0.3, -0.25) is 4.79 Å². The number of carbonyl (C=O) groups excluding carboxylic acids is 1. The van der Waals surface area contributed by atoms with Gasteiger partial charge in [-0.05, 0) is 50.6 Å². The van der Waals surface area contributed by atoms with E-state index in [2.05, 4.69) is 15.7 Å². The van der Waals surface area contributed by atoms with Crippen LogP contribution >= 0.6 is 0 Å². The minimum Gasteiger partial charge on any atom is -0.370 e. The molecule has 6 heteroatoms. The molecule has 5 nitrogen and oxygen atoms in total. The Morgan fingerprint density at radius 2 is 1.80 bits per heavy atom. The van der Waals surface area contributed by atoms with Crippen molar-refractivity contribution in [3.63, 3.8) is 0 Å². The fourth-order valence-corrected chi connectivity index (χ4v) is 3.58. The second kappa shape index (κ2) is 8.27. The van der Waals surface area contributed by atoms with Crippen LogP contribution in [0.2, 0.25) is 0 Å². The van der Waals surface area contributed by atoms with Gasteiger partial charge in [0, 0.05) is 30.9 Å². The van der Waals surface area contributed by atoms with Crippen molar-refractivity contribution in [1.82, 2.24) is 4.72 Å². The average Bonchev–Trinajstić information content (AvgIpc) is 2.58. The lowest BCUT2D eigenvalue weighted by Gasteiger charge is -2.23. The fraction of sp³-hybridized carbons (Fsp3) is 0.316. The Balaban J connectivity index is 2.00. The molecule has 0 saturated carbocycles. The van der Waals surface area contributed by atoms with E-state index in [1.165, 1.54) is 36.8 Å². The quantitative estimate of drug-likeness (QED) is 0.735. The first-order valence-electron chi connectivity index (χ1n) is 8.26. The Labute approximate surface area is 149 Å². The molecular formula is C19H24N2O3S. The molecule has 0 spiro atoms. The molecule has 1 N–H and O–H groups in total. The Kier molecular flexibility index (Phi) is 6.33. The number of carbonyl (C=O) groups is 1. The maximum absolute atomic E-state index is 12.4. The van der Waals surface area contributed by atoms with E-state index in [4.69, 9.17) is 0 Å². The highest BCUT2D eigenvalue weighted by Gasteiger charge is 2.14. The van der Waals surface area contributed by atoms with Crippen LogP contribution in [0, 0.1) is 6.92 Å². The summed E-state index contributed by atoms with van der Waals surface area (Å²) < 4.78 is 27.3. The SMILES string of the molecule is CCN(CCNS(=O)(=O)c1ccc(C(C)=O)cc1)c1cccc(C)c1. The molecule has 0 fully saturated rings. The Morgan fingerprint density at radius 3 is 2.36 bits per heavy atom. The maximum Gasteiger partial charge on any atom is 0.240 e. The number of anilines is 1. The predicted molar refractivity (Wildman–Crippen MR) is 101 cm³/mol. The monoisotopic (exact) mass is 360 g/mol. The van der Waals surface area contributed by atoms with Crippen LogP contribution in [-0.2, 0) is 10.0 Å². The van der Waals surface area contributed by atoms with Crippen molar-refractivity contribution < 1.29 is 13.2 Å². The largest absolute Gasteiger partial charge is 0.370 e. The van der Waals surface area contributed by atoms with E-state index in [0.29, 0.717) is 18.7 Å². The number of hydrogen-bond acceptors (Lipinski definition) is 4. The number of likely N-dealkylation sites (N-methyl/N-ethyl adjacent to an activating group) is 1. The number of nitrogens with zero attached hydrogens (tertiary/aromatic N) is 1. The van der Waals surface area contributed by atoms with E-state index in [0.717, 1.165) is 12.2 Å². The Morgan fingerprint density at radius 1 is 1.12 bits per heavy atom. The summed E-state index contributed by atoms with van der Waals surface area (Å²) in [4.78, 5) is 13.6. The van der Waals surface area contributed by atoms with E-state index < -0.39 is 10.0 Å². The van der Waals surface area contributed by atoms with Crippen LogP contribution < -0.4 is 9.62 Å². The van der Waals surface area contributed by atoms with Gasteiger partial charge < -0.3 is 4.90 Å². The molecule has 134 valence electrons. The highest BCUT2D eigenvalue weighted by molar-refractivity contribution is 7.89. The zero-order valence-electron chi connectivity index (χ0n) is 14.8. The van der Waals surface area contributed by atoms with Crippen LogP contribution in [0.1, 0.15) is 29.8 Å². The van der Waals surface area contributed by atoms with Gasteiger partial charge >= 0.3 is 0 Å². The molecule has 0 amide bonds. The van der Waals surface area contributed by atoms with Crippen molar-refractivity contribution in [3.05, 3.63) is 59.7 Å². The van der Waals surface area contributed by atoms with Crippen molar-refractivity contribution in [3.8, 4) is 0 Å². The summed E-state index contributed by atoms with van der Waals surface area (Å²) in [6, 6.07) is 14.1. The van der Waals surface area contributed by atoms with E-state index in [-0.39, 0.29) is 10.7 Å². The second-order valence-electron chi connectivity index (χ2n) is 5.90. The molecular weight excluding hydrogens is 336 g/mol. The number of Topliss-reactive ketones (excluding diaryl/α,β-unsaturated/α-hetero) is 1. The number of rotatable bonds is 8. The Hall–Kier alpha value is -2.18. The summed E-state index contributed by atoms with van der Waals surface area (Å²) in [5.74, 6) is -0.0892. The van der Waals surface area contributed by atoms with E-state index in [1.807, 2.05) is 32.0 Å². The molecule has 25 heavy (non-hydrogen) atoms. The first kappa shape index (κ1) is 19.1. The molecule has 2 aromatic carbocycles. The summed E-state index contributed by atoms with van der Waals surface area (Å²) in [6.07, 6.45) is 0. The minimum absolute atomic E-state index is 0.0892. The molecule has 0 aliphatic rings. The smallest absolute Gasteiger partial charge is 0.240 e. The van der Waals surface area contributed by atoms with Crippen molar-refractivity contribution >= 4 is 21.5 Å². The Bertz CT molecular complexity index is 830. The molecule has 2 aromatic rings. The van der Waals surface area contributed by atoms with Gasteiger partial charge in [0.2, 0.25) is 10.0 Å². The molecule has 0 atom stereocenters. The molecule has 0 saturated heterocycles. The van der Waals surface area contributed by atoms with Gasteiger partial charge in [0.05, 0.1) is 4.90 Å². The van der Waals surface area contributed by atoms with Gasteiger partial charge in [-0.1, -0.05) is 24.3 Å². The third kappa shape index (κ3) is 5.14. The van der Waals surface area contributed by atoms with E-state index in [1.54, 1.807) is 0 Å². The van der Waals surface area contributed by atoms with E-state index >= 15 is 0 Å². The van der Waals surface area contributed by atoms with Crippen molar-refractivity contribution in [1.29, 1.82) is 0 Å². The van der Waals surface area contributed by atoms with E-state index in [9.17, 15) is 13.2 Å². The lowest BCUT2D eigenvalue weighted by Crippen LogP contribution is -2.35. The topological polar surface area (TPSA) is 66.5 Å². The highest BCUT2D eigenvalue weighted by Crippen LogP contribution is 2.15. The van der Waals surface area contributed by atoms with Crippen LogP contribution in [0.5, 0.6) is 0 Å². The van der Waals surface area contributed by atoms with Gasteiger partial charge in [0.15, 0.2) is 5.78 Å².